The summed E-state index contributed by atoms with van der Waals surface area (Å²) in [4.78, 5) is 10.5. The first kappa shape index (κ1) is 16.9. The summed E-state index contributed by atoms with van der Waals surface area (Å²) in [5.41, 5.74) is 0.580. The van der Waals surface area contributed by atoms with Gasteiger partial charge in [0.1, 0.15) is 11.5 Å². The monoisotopic (exact) mass is 338 g/mol. The van der Waals surface area contributed by atoms with Crippen molar-refractivity contribution < 1.29 is 17.7 Å². The fourth-order valence-corrected chi connectivity index (χ4v) is 2.73. The van der Waals surface area contributed by atoms with E-state index in [0.29, 0.717) is 0 Å². The van der Waals surface area contributed by atoms with E-state index in [0.717, 1.165) is 24.0 Å². The molecule has 0 bridgehead atoms. The average Bonchev–Trinajstić information content (AvgIpc) is 2.48. The molecule has 0 aromatic heterocycles. The van der Waals surface area contributed by atoms with Gasteiger partial charge in [-0.25, -0.2) is 12.8 Å². The largest absolute Gasteiger partial charge is 0.373 e. The van der Waals surface area contributed by atoms with E-state index in [4.69, 9.17) is 0 Å². The summed E-state index contributed by atoms with van der Waals surface area (Å²) in [5.74, 6) is -0.688. The third kappa shape index (κ3) is 4.04. The molecule has 8 heteroatoms. The summed E-state index contributed by atoms with van der Waals surface area (Å²) in [7, 11) is -3.28. The molecule has 0 saturated carbocycles. The molecule has 2 rings (SSSR count). The van der Waals surface area contributed by atoms with E-state index in [-0.39, 0.29) is 22.3 Å². The first-order valence-electron chi connectivity index (χ1n) is 6.69. The normalized spacial score (nSPS) is 12.7. The van der Waals surface area contributed by atoms with Gasteiger partial charge in [0.05, 0.1) is 15.9 Å². The predicted octanol–water partition coefficient (Wildman–Crippen LogP) is 3.31. The van der Waals surface area contributed by atoms with Gasteiger partial charge in [0.15, 0.2) is 9.84 Å². The van der Waals surface area contributed by atoms with Crippen LogP contribution in [0.15, 0.2) is 47.4 Å². The summed E-state index contributed by atoms with van der Waals surface area (Å²) in [6.07, 6.45) is 1.12. The molecule has 1 atom stereocenters. The van der Waals surface area contributed by atoms with Crippen LogP contribution in [0.2, 0.25) is 0 Å². The number of nitro benzene ring substituents is 1. The number of anilines is 1. The molecule has 0 saturated heterocycles. The molecule has 1 unspecified atom stereocenters. The van der Waals surface area contributed by atoms with Crippen LogP contribution < -0.4 is 5.32 Å². The van der Waals surface area contributed by atoms with Crippen LogP contribution in [0.1, 0.15) is 18.5 Å². The van der Waals surface area contributed by atoms with Crippen molar-refractivity contribution in [2.75, 3.05) is 11.6 Å². The highest BCUT2D eigenvalue weighted by atomic mass is 32.2. The maximum atomic E-state index is 13.1. The SMILES string of the molecule is CC(Nc1ccc(F)cc1[N+](=O)[O-])c1ccc(S(C)(=O)=O)cc1. The molecule has 122 valence electrons. The summed E-state index contributed by atoms with van der Waals surface area (Å²) in [6.45, 7) is 1.77. The minimum absolute atomic E-state index is 0.191. The molecule has 0 amide bonds. The van der Waals surface area contributed by atoms with Crippen LogP contribution in [0.5, 0.6) is 0 Å². The van der Waals surface area contributed by atoms with Crippen LogP contribution in [-0.4, -0.2) is 19.6 Å². The number of hydrogen-bond donors (Lipinski definition) is 1. The van der Waals surface area contributed by atoms with Crippen LogP contribution in [-0.2, 0) is 9.84 Å². The molecule has 6 nitrogen and oxygen atoms in total. The van der Waals surface area contributed by atoms with E-state index in [2.05, 4.69) is 5.32 Å². The van der Waals surface area contributed by atoms with E-state index < -0.39 is 20.6 Å². The molecule has 1 N–H and O–H groups in total. The van der Waals surface area contributed by atoms with Gasteiger partial charge in [-0.2, -0.15) is 0 Å². The summed E-state index contributed by atoms with van der Waals surface area (Å²) in [6, 6.07) is 9.16. The van der Waals surface area contributed by atoms with E-state index in [1.165, 1.54) is 18.2 Å². The first-order chi connectivity index (χ1) is 10.7. The van der Waals surface area contributed by atoms with E-state index in [1.807, 2.05) is 0 Å². The van der Waals surface area contributed by atoms with Gasteiger partial charge in [0.25, 0.3) is 5.69 Å². The van der Waals surface area contributed by atoms with Gasteiger partial charge < -0.3 is 5.32 Å². The van der Waals surface area contributed by atoms with Crippen molar-refractivity contribution in [1.82, 2.24) is 0 Å². The van der Waals surface area contributed by atoms with E-state index >= 15 is 0 Å². The fourth-order valence-electron chi connectivity index (χ4n) is 2.10. The Balaban J connectivity index is 2.26. The van der Waals surface area contributed by atoms with Gasteiger partial charge in [0, 0.05) is 12.3 Å². The lowest BCUT2D eigenvalue weighted by molar-refractivity contribution is -0.384. The number of hydrogen-bond acceptors (Lipinski definition) is 5. The highest BCUT2D eigenvalue weighted by Crippen LogP contribution is 2.29. The molecule has 2 aromatic carbocycles. The van der Waals surface area contributed by atoms with Crippen molar-refractivity contribution in [3.05, 3.63) is 64.0 Å². The zero-order valence-electron chi connectivity index (χ0n) is 12.5. The summed E-state index contributed by atoms with van der Waals surface area (Å²) in [5, 5.41) is 13.9. The Bertz CT molecular complexity index is 835. The predicted molar refractivity (Wildman–Crippen MR) is 84.6 cm³/mol. The molecule has 0 heterocycles. The summed E-state index contributed by atoms with van der Waals surface area (Å²) < 4.78 is 36.0. The van der Waals surface area contributed by atoms with Gasteiger partial charge in [-0.15, -0.1) is 0 Å². The number of nitro groups is 1. The Hall–Kier alpha value is -2.48. The Morgan fingerprint density at radius 2 is 1.78 bits per heavy atom. The van der Waals surface area contributed by atoms with Gasteiger partial charge in [-0.3, -0.25) is 10.1 Å². The number of sulfone groups is 1. The number of nitrogens with one attached hydrogen (secondary N) is 1. The topological polar surface area (TPSA) is 89.3 Å². The lowest BCUT2D eigenvalue weighted by Crippen LogP contribution is -2.09. The van der Waals surface area contributed by atoms with Gasteiger partial charge in [0.2, 0.25) is 0 Å². The van der Waals surface area contributed by atoms with E-state index in [9.17, 15) is 22.9 Å². The Labute approximate surface area is 133 Å². The maximum absolute atomic E-state index is 13.1. The van der Waals surface area contributed by atoms with Crippen LogP contribution >= 0.6 is 0 Å². The third-order valence-corrected chi connectivity index (χ3v) is 4.47. The molecule has 0 aliphatic heterocycles. The fraction of sp³-hybridized carbons (Fsp3) is 0.200. The van der Waals surface area contributed by atoms with Crippen molar-refractivity contribution in [3.8, 4) is 0 Å². The number of benzene rings is 2. The van der Waals surface area contributed by atoms with E-state index in [1.54, 1.807) is 19.1 Å². The third-order valence-electron chi connectivity index (χ3n) is 3.34. The minimum Gasteiger partial charge on any atom is -0.373 e. The zero-order valence-corrected chi connectivity index (χ0v) is 13.3. The van der Waals surface area contributed by atoms with Crippen molar-refractivity contribution in [1.29, 1.82) is 0 Å². The smallest absolute Gasteiger partial charge is 0.295 e. The number of halogens is 1. The number of rotatable bonds is 5. The summed E-state index contributed by atoms with van der Waals surface area (Å²) >= 11 is 0. The van der Waals surface area contributed by atoms with Crippen molar-refractivity contribution in [3.63, 3.8) is 0 Å². The van der Waals surface area contributed by atoms with Crippen LogP contribution in [0.25, 0.3) is 0 Å². The van der Waals surface area contributed by atoms with Crippen LogP contribution in [0, 0.1) is 15.9 Å². The van der Waals surface area contributed by atoms with Gasteiger partial charge in [-0.05, 0) is 36.8 Å². The van der Waals surface area contributed by atoms with Crippen LogP contribution in [0.3, 0.4) is 0 Å². The van der Waals surface area contributed by atoms with Crippen molar-refractivity contribution in [2.45, 2.75) is 17.9 Å². The second-order valence-corrected chi connectivity index (χ2v) is 7.14. The molecular weight excluding hydrogens is 323 g/mol. The zero-order chi connectivity index (χ0) is 17.2. The highest BCUT2D eigenvalue weighted by Gasteiger charge is 2.17. The number of nitrogens with zero attached hydrogens (tertiary/aromatic N) is 1. The average molecular weight is 338 g/mol. The molecule has 0 spiro atoms. The second kappa shape index (κ2) is 6.33. The molecule has 23 heavy (non-hydrogen) atoms. The molecule has 2 aromatic rings. The molecular formula is C15H15FN2O4S. The van der Waals surface area contributed by atoms with Crippen molar-refractivity contribution in [2.24, 2.45) is 0 Å². The first-order valence-corrected chi connectivity index (χ1v) is 8.58. The molecule has 0 radical (unpaired) electrons. The van der Waals surface area contributed by atoms with Crippen molar-refractivity contribution >= 4 is 21.2 Å². The lowest BCUT2D eigenvalue weighted by Gasteiger charge is -2.16. The molecule has 0 aliphatic rings. The maximum Gasteiger partial charge on any atom is 0.295 e. The Morgan fingerprint density at radius 1 is 1.17 bits per heavy atom. The van der Waals surface area contributed by atoms with Crippen LogP contribution in [0.4, 0.5) is 15.8 Å². The minimum atomic E-state index is -3.28. The molecule has 0 fully saturated rings. The van der Waals surface area contributed by atoms with Gasteiger partial charge in [-0.1, -0.05) is 12.1 Å². The Kier molecular flexibility index (Phi) is 4.65. The standard InChI is InChI=1S/C15H15FN2O4S/c1-10(11-3-6-13(7-4-11)23(2,21)22)17-14-8-5-12(16)9-15(14)18(19)20/h3-10,17H,1-2H3. The molecule has 0 aliphatic carbocycles. The van der Waals surface area contributed by atoms with Gasteiger partial charge >= 0.3 is 0 Å². The second-order valence-electron chi connectivity index (χ2n) is 5.13. The Morgan fingerprint density at radius 3 is 2.30 bits per heavy atom. The quantitative estimate of drug-likeness (QED) is 0.667. The lowest BCUT2D eigenvalue weighted by atomic mass is 10.1. The highest BCUT2D eigenvalue weighted by molar-refractivity contribution is 7.90.